The van der Waals surface area contributed by atoms with Crippen LogP contribution in [0.15, 0.2) is 77.8 Å². The molecule has 15 heteroatoms. The fraction of sp³-hybridized carbons (Fsp3) is 0.343. The number of aliphatic carboxylic acids is 1. The maximum Gasteiger partial charge on any atom is 0.490 e. The first-order chi connectivity index (χ1) is 23.5. The van der Waals surface area contributed by atoms with Gasteiger partial charge in [0.1, 0.15) is 11.9 Å². The van der Waals surface area contributed by atoms with Crippen LogP contribution in [0.4, 0.5) is 24.7 Å². The molecule has 0 spiro atoms. The van der Waals surface area contributed by atoms with Crippen molar-refractivity contribution in [1.29, 1.82) is 0 Å². The molecule has 0 bridgehead atoms. The van der Waals surface area contributed by atoms with Gasteiger partial charge >= 0.3 is 12.1 Å². The fourth-order valence-corrected chi connectivity index (χ4v) is 6.98. The summed E-state index contributed by atoms with van der Waals surface area (Å²) in [4.78, 5) is 29.1. The molecule has 1 fully saturated rings. The number of alkyl halides is 3. The average molecular weight is 717 g/mol. The minimum absolute atomic E-state index is 0.0572. The first-order valence-electron chi connectivity index (χ1n) is 15.7. The van der Waals surface area contributed by atoms with Gasteiger partial charge in [-0.3, -0.25) is 4.79 Å². The van der Waals surface area contributed by atoms with Crippen molar-refractivity contribution in [2.24, 2.45) is 0 Å². The van der Waals surface area contributed by atoms with Crippen LogP contribution in [0.1, 0.15) is 50.8 Å². The lowest BCUT2D eigenvalue weighted by molar-refractivity contribution is -0.192. The summed E-state index contributed by atoms with van der Waals surface area (Å²) in [5.41, 5.74) is 8.03. The molecule has 11 nitrogen and oxygen atoms in total. The highest BCUT2D eigenvalue weighted by Crippen LogP contribution is 2.36. The molecule has 1 aliphatic rings. The molecule has 1 aliphatic carbocycles. The molecule has 1 amide bonds. The maximum atomic E-state index is 14.2. The number of halogens is 3. The molecular formula is C35H39F3N4O7S. The summed E-state index contributed by atoms with van der Waals surface area (Å²) in [6, 6.07) is 19.1. The van der Waals surface area contributed by atoms with E-state index in [4.69, 9.17) is 25.1 Å². The Morgan fingerprint density at radius 2 is 1.74 bits per heavy atom. The highest BCUT2D eigenvalue weighted by atomic mass is 32.2. The lowest BCUT2D eigenvalue weighted by atomic mass is 10.0. The smallest absolute Gasteiger partial charge is 0.490 e. The number of carboxylic acid groups (broad SMARTS) is 1. The number of carbonyl (C=O) groups is 2. The Morgan fingerprint density at radius 1 is 1.06 bits per heavy atom. The number of carboxylic acids is 1. The number of fused-ring (bicyclic) bond motifs is 1. The molecule has 3 aromatic carbocycles. The van der Waals surface area contributed by atoms with Crippen LogP contribution >= 0.6 is 0 Å². The second-order valence-electron chi connectivity index (χ2n) is 11.9. The summed E-state index contributed by atoms with van der Waals surface area (Å²) in [6.07, 6.45) is -2.15. The van der Waals surface area contributed by atoms with Crippen LogP contribution in [-0.4, -0.2) is 66.5 Å². The van der Waals surface area contributed by atoms with E-state index < -0.39 is 28.0 Å². The van der Waals surface area contributed by atoms with Crippen LogP contribution in [0.5, 0.6) is 11.5 Å². The third-order valence-corrected chi connectivity index (χ3v) is 9.95. The molecule has 1 saturated carbocycles. The highest BCUT2D eigenvalue weighted by molar-refractivity contribution is 7.92. The molecule has 50 heavy (non-hydrogen) atoms. The third kappa shape index (κ3) is 9.34. The summed E-state index contributed by atoms with van der Waals surface area (Å²) in [5, 5.41) is 11.9. The van der Waals surface area contributed by atoms with Crippen molar-refractivity contribution < 1.29 is 45.8 Å². The lowest BCUT2D eigenvalue weighted by Crippen LogP contribution is -2.35. The molecule has 1 atom stereocenters. The van der Waals surface area contributed by atoms with Gasteiger partial charge in [-0.25, -0.2) is 18.2 Å². The van der Waals surface area contributed by atoms with Gasteiger partial charge in [0.05, 0.1) is 22.9 Å². The number of nitrogens with two attached hydrogens (primary N) is 1. The summed E-state index contributed by atoms with van der Waals surface area (Å²) in [7, 11) is -1.75. The number of sulfone groups is 1. The molecule has 0 unspecified atom stereocenters. The zero-order valence-electron chi connectivity index (χ0n) is 27.9. The van der Waals surface area contributed by atoms with Gasteiger partial charge in [-0.1, -0.05) is 24.3 Å². The monoisotopic (exact) mass is 716 g/mol. The molecule has 4 N–H and O–H groups in total. The number of carbonyl (C=O) groups excluding carboxylic acids is 1. The van der Waals surface area contributed by atoms with Gasteiger partial charge < -0.3 is 30.5 Å². The Morgan fingerprint density at radius 3 is 2.36 bits per heavy atom. The predicted octanol–water partition coefficient (Wildman–Crippen LogP) is 6.38. The van der Waals surface area contributed by atoms with E-state index in [2.05, 4.69) is 10.3 Å². The number of nitrogens with one attached hydrogen (secondary N) is 1. The number of likely N-dealkylation sites (N-methyl/N-ethyl adjacent to an activating group) is 1. The minimum Gasteiger partial charge on any atom is -0.490 e. The summed E-state index contributed by atoms with van der Waals surface area (Å²) < 4.78 is 69.9. The first-order valence-corrected chi connectivity index (χ1v) is 17.3. The molecule has 1 heterocycles. The molecule has 1 aromatic heterocycles. The Balaban J connectivity index is 0.000000727. The third-order valence-electron chi connectivity index (χ3n) is 7.59. The predicted molar refractivity (Wildman–Crippen MR) is 183 cm³/mol. The van der Waals surface area contributed by atoms with E-state index in [1.807, 2.05) is 63.2 Å². The van der Waals surface area contributed by atoms with Gasteiger partial charge in [0.25, 0.3) is 0 Å². The van der Waals surface area contributed by atoms with E-state index >= 15 is 0 Å². The van der Waals surface area contributed by atoms with Crippen LogP contribution < -0.4 is 20.5 Å². The number of hydrogen-bond donors (Lipinski definition) is 3. The van der Waals surface area contributed by atoms with Crippen molar-refractivity contribution in [3.05, 3.63) is 84.1 Å². The summed E-state index contributed by atoms with van der Waals surface area (Å²) in [6.45, 7) is 6.33. The number of ether oxygens (including phenoxy) is 2. The molecular weight excluding hydrogens is 677 g/mol. The second-order valence-corrected chi connectivity index (χ2v) is 14.1. The van der Waals surface area contributed by atoms with Crippen LogP contribution in [0.25, 0.3) is 10.8 Å². The normalized spacial score (nSPS) is 13.6. The van der Waals surface area contributed by atoms with Crippen LogP contribution in [0.2, 0.25) is 0 Å². The van der Waals surface area contributed by atoms with E-state index in [0.717, 1.165) is 10.8 Å². The number of anilines is 2. The first kappa shape index (κ1) is 37.8. The van der Waals surface area contributed by atoms with Crippen molar-refractivity contribution in [2.75, 3.05) is 24.7 Å². The molecule has 268 valence electrons. The SMILES string of the molecule is CCOc1cc([C@@H](Nc2ccc3c(N)nccc3c2)C(=O)N(C)Cc2ccccc2S(=O)(=O)C2CC2)ccc1OC(C)C.O=C(O)C(F)(F)F. The van der Waals surface area contributed by atoms with Gasteiger partial charge in [-0.2, -0.15) is 13.2 Å². The number of nitrogens with zero attached hydrogens (tertiary/aromatic N) is 2. The largest absolute Gasteiger partial charge is 0.490 e. The molecule has 0 saturated heterocycles. The van der Waals surface area contributed by atoms with Crippen molar-refractivity contribution in [1.82, 2.24) is 9.88 Å². The Hall–Kier alpha value is -5.05. The van der Waals surface area contributed by atoms with E-state index in [1.54, 1.807) is 42.4 Å². The van der Waals surface area contributed by atoms with Gasteiger partial charge in [0, 0.05) is 30.9 Å². The molecule has 0 aliphatic heterocycles. The molecule has 4 aromatic rings. The average Bonchev–Trinajstić information content (AvgIpc) is 3.91. The van der Waals surface area contributed by atoms with Crippen LogP contribution in [0.3, 0.4) is 0 Å². The van der Waals surface area contributed by atoms with Crippen molar-refractivity contribution in [3.8, 4) is 11.5 Å². The number of aromatic nitrogens is 1. The quantitative estimate of drug-likeness (QED) is 0.150. The number of nitrogen functional groups attached to an aromatic ring is 1. The zero-order chi connectivity index (χ0) is 36.8. The van der Waals surface area contributed by atoms with Gasteiger partial charge in [0.15, 0.2) is 21.3 Å². The van der Waals surface area contributed by atoms with Crippen molar-refractivity contribution in [3.63, 3.8) is 0 Å². The van der Waals surface area contributed by atoms with Crippen LogP contribution in [0, 0.1) is 0 Å². The number of hydrogen-bond acceptors (Lipinski definition) is 9. The van der Waals surface area contributed by atoms with Gasteiger partial charge in [-0.15, -0.1) is 0 Å². The zero-order valence-corrected chi connectivity index (χ0v) is 28.7. The summed E-state index contributed by atoms with van der Waals surface area (Å²) >= 11 is 0. The maximum absolute atomic E-state index is 14.2. The molecule has 5 rings (SSSR count). The van der Waals surface area contributed by atoms with E-state index in [1.165, 1.54) is 0 Å². The fourth-order valence-electron chi connectivity index (χ4n) is 5.09. The van der Waals surface area contributed by atoms with Crippen LogP contribution in [-0.2, 0) is 26.0 Å². The Bertz CT molecular complexity index is 1950. The van der Waals surface area contributed by atoms with Gasteiger partial charge in [-0.05, 0) is 92.6 Å². The summed E-state index contributed by atoms with van der Waals surface area (Å²) in [5.74, 6) is -1.44. The van der Waals surface area contributed by atoms with Crippen molar-refractivity contribution >= 4 is 44.0 Å². The second kappa shape index (κ2) is 15.7. The van der Waals surface area contributed by atoms with Gasteiger partial charge in [0.2, 0.25) is 5.91 Å². The Labute approximate surface area is 288 Å². The number of pyridine rings is 1. The Kier molecular flexibility index (Phi) is 11.8. The number of benzene rings is 3. The van der Waals surface area contributed by atoms with E-state index in [9.17, 15) is 26.4 Å². The van der Waals surface area contributed by atoms with Crippen molar-refractivity contribution in [2.45, 2.75) is 68.6 Å². The number of rotatable bonds is 12. The van der Waals surface area contributed by atoms with E-state index in [0.29, 0.717) is 53.6 Å². The number of amides is 1. The molecule has 0 radical (unpaired) electrons. The minimum atomic E-state index is -5.08. The standard InChI is InChI=1S/C33H38N4O5S.C2HF3O2/c1-5-41-29-19-23(10-15-28(29)42-21(2)3)31(36-25-11-14-27-22(18-25)16-17-35-32(27)34)33(38)37(4)20-24-8-6-7-9-30(24)43(39,40)26-12-13-26;3-2(4,5)1(6)7/h6-11,14-19,21,26,31,36H,5,12-13,20H2,1-4H3,(H2,34,35);(H,6,7)/t31-;/m1./s1. The highest BCUT2D eigenvalue weighted by Gasteiger charge is 2.39. The lowest BCUT2D eigenvalue weighted by Gasteiger charge is -2.27. The topological polar surface area (TPSA) is 161 Å². The van der Waals surface area contributed by atoms with E-state index in [-0.39, 0.29) is 28.7 Å².